The number of nitrogens with one attached hydrogen (secondary N) is 1. The van der Waals surface area contributed by atoms with E-state index in [4.69, 9.17) is 5.11 Å². The maximum atomic E-state index is 13.2. The molecule has 0 aromatic heterocycles. The van der Waals surface area contributed by atoms with Crippen LogP contribution in [0, 0.1) is 17.5 Å². The van der Waals surface area contributed by atoms with Gasteiger partial charge in [-0.15, -0.1) is 0 Å². The Bertz CT molecular complexity index is 468. The lowest BCUT2D eigenvalue weighted by molar-refractivity contribution is -0.137. The average molecular weight is 275 g/mol. The lowest BCUT2D eigenvalue weighted by Gasteiger charge is -2.07. The number of amides is 1. The largest absolute Gasteiger partial charge is 0.481 e. The van der Waals surface area contributed by atoms with Crippen LogP contribution in [0.15, 0.2) is 12.1 Å². The van der Waals surface area contributed by atoms with E-state index >= 15 is 0 Å². The normalized spacial score (nSPS) is 10.3. The SMILES string of the molecule is O=C(O)CCCC(=O)NCc1c(F)cc(F)cc1F. The molecule has 1 amide bonds. The number of carboxylic acid groups (broad SMARTS) is 1. The van der Waals surface area contributed by atoms with Gasteiger partial charge in [0, 0.05) is 37.1 Å². The number of carboxylic acids is 1. The summed E-state index contributed by atoms with van der Waals surface area (Å²) in [5.41, 5.74) is -0.437. The van der Waals surface area contributed by atoms with Crippen molar-refractivity contribution < 1.29 is 27.9 Å². The van der Waals surface area contributed by atoms with Crippen LogP contribution in [0.4, 0.5) is 13.2 Å². The third-order valence-electron chi connectivity index (χ3n) is 2.36. The highest BCUT2D eigenvalue weighted by Gasteiger charge is 2.12. The lowest BCUT2D eigenvalue weighted by Crippen LogP contribution is -2.23. The molecule has 0 heterocycles. The van der Waals surface area contributed by atoms with Gasteiger partial charge in [-0.25, -0.2) is 13.2 Å². The Labute approximate surface area is 107 Å². The summed E-state index contributed by atoms with van der Waals surface area (Å²) in [7, 11) is 0. The average Bonchev–Trinajstić information content (AvgIpc) is 2.26. The Morgan fingerprint density at radius 1 is 1.11 bits per heavy atom. The van der Waals surface area contributed by atoms with E-state index < -0.39 is 41.4 Å². The van der Waals surface area contributed by atoms with Crippen molar-refractivity contribution in [3.05, 3.63) is 35.1 Å². The van der Waals surface area contributed by atoms with Gasteiger partial charge in [0.1, 0.15) is 17.5 Å². The van der Waals surface area contributed by atoms with E-state index in [0.29, 0.717) is 12.1 Å². The molecule has 19 heavy (non-hydrogen) atoms. The van der Waals surface area contributed by atoms with Crippen molar-refractivity contribution in [3.8, 4) is 0 Å². The van der Waals surface area contributed by atoms with Crippen LogP contribution in [0.25, 0.3) is 0 Å². The zero-order chi connectivity index (χ0) is 14.4. The summed E-state index contributed by atoms with van der Waals surface area (Å²) < 4.78 is 39.0. The topological polar surface area (TPSA) is 66.4 Å². The maximum Gasteiger partial charge on any atom is 0.303 e. The van der Waals surface area contributed by atoms with Crippen LogP contribution in [0.3, 0.4) is 0 Å². The summed E-state index contributed by atoms with van der Waals surface area (Å²) in [5, 5.41) is 10.6. The summed E-state index contributed by atoms with van der Waals surface area (Å²) in [6.45, 7) is -0.413. The van der Waals surface area contributed by atoms with Crippen molar-refractivity contribution in [2.24, 2.45) is 0 Å². The molecule has 4 nitrogen and oxygen atoms in total. The third-order valence-corrected chi connectivity index (χ3v) is 2.36. The first-order valence-corrected chi connectivity index (χ1v) is 5.52. The number of rotatable bonds is 6. The van der Waals surface area contributed by atoms with Crippen molar-refractivity contribution in [2.75, 3.05) is 0 Å². The summed E-state index contributed by atoms with van der Waals surface area (Å²) >= 11 is 0. The van der Waals surface area contributed by atoms with Gasteiger partial charge in [-0.2, -0.15) is 0 Å². The van der Waals surface area contributed by atoms with Crippen molar-refractivity contribution in [2.45, 2.75) is 25.8 Å². The first kappa shape index (κ1) is 15.0. The molecule has 0 spiro atoms. The lowest BCUT2D eigenvalue weighted by atomic mass is 10.2. The van der Waals surface area contributed by atoms with E-state index in [1.54, 1.807) is 0 Å². The van der Waals surface area contributed by atoms with E-state index in [2.05, 4.69) is 5.32 Å². The number of carbonyl (C=O) groups excluding carboxylic acids is 1. The summed E-state index contributed by atoms with van der Waals surface area (Å²) in [4.78, 5) is 21.5. The molecule has 0 aliphatic carbocycles. The number of aliphatic carboxylic acids is 1. The molecule has 0 saturated heterocycles. The zero-order valence-corrected chi connectivity index (χ0v) is 9.88. The highest BCUT2D eigenvalue weighted by atomic mass is 19.1. The van der Waals surface area contributed by atoms with Crippen molar-refractivity contribution in [1.29, 1.82) is 0 Å². The first-order valence-electron chi connectivity index (χ1n) is 5.52. The summed E-state index contributed by atoms with van der Waals surface area (Å²) in [6, 6.07) is 1.05. The van der Waals surface area contributed by atoms with Crippen LogP contribution in [0.1, 0.15) is 24.8 Å². The molecule has 1 aromatic carbocycles. The van der Waals surface area contributed by atoms with E-state index in [0.717, 1.165) is 0 Å². The number of hydrogen-bond acceptors (Lipinski definition) is 2. The Kier molecular flexibility index (Phi) is 5.35. The third kappa shape index (κ3) is 4.99. The van der Waals surface area contributed by atoms with Gasteiger partial charge in [0.15, 0.2) is 0 Å². The minimum Gasteiger partial charge on any atom is -0.481 e. The van der Waals surface area contributed by atoms with Gasteiger partial charge in [-0.1, -0.05) is 0 Å². The molecule has 0 aliphatic heterocycles. The second-order valence-corrected chi connectivity index (χ2v) is 3.87. The fourth-order valence-corrected chi connectivity index (χ4v) is 1.42. The predicted molar refractivity (Wildman–Crippen MR) is 59.6 cm³/mol. The van der Waals surface area contributed by atoms with E-state index in [-0.39, 0.29) is 19.3 Å². The minimum absolute atomic E-state index is 0.0588. The number of halogens is 3. The van der Waals surface area contributed by atoms with Crippen molar-refractivity contribution in [1.82, 2.24) is 5.32 Å². The monoisotopic (exact) mass is 275 g/mol. The molecule has 0 atom stereocenters. The molecule has 1 aromatic rings. The summed E-state index contributed by atoms with van der Waals surface area (Å²) in [5.74, 6) is -4.74. The number of benzene rings is 1. The predicted octanol–water partition coefficient (Wildman–Crippen LogP) is 1.98. The van der Waals surface area contributed by atoms with E-state index in [1.165, 1.54) is 0 Å². The van der Waals surface area contributed by atoms with Gasteiger partial charge in [0.2, 0.25) is 5.91 Å². The second-order valence-electron chi connectivity index (χ2n) is 3.87. The molecule has 0 aliphatic rings. The van der Waals surface area contributed by atoms with E-state index in [1.807, 2.05) is 0 Å². The molecule has 0 unspecified atom stereocenters. The molecule has 1 rings (SSSR count). The Hall–Kier alpha value is -2.05. The molecule has 0 bridgehead atoms. The molecule has 0 saturated carbocycles. The van der Waals surface area contributed by atoms with Crippen LogP contribution in [-0.4, -0.2) is 17.0 Å². The summed E-state index contributed by atoms with van der Waals surface area (Å²) in [6.07, 6.45) is -0.0844. The van der Waals surface area contributed by atoms with Gasteiger partial charge in [0.25, 0.3) is 0 Å². The maximum absolute atomic E-state index is 13.2. The number of hydrogen-bond donors (Lipinski definition) is 2. The van der Waals surface area contributed by atoms with Crippen molar-refractivity contribution >= 4 is 11.9 Å². The molecular formula is C12H12F3NO3. The van der Waals surface area contributed by atoms with Gasteiger partial charge in [0.05, 0.1) is 0 Å². The molecule has 0 fully saturated rings. The zero-order valence-electron chi connectivity index (χ0n) is 9.88. The van der Waals surface area contributed by atoms with Crippen LogP contribution in [0.2, 0.25) is 0 Å². The highest BCUT2D eigenvalue weighted by molar-refractivity contribution is 5.76. The second kappa shape index (κ2) is 6.77. The molecule has 104 valence electrons. The Morgan fingerprint density at radius 3 is 2.21 bits per heavy atom. The Morgan fingerprint density at radius 2 is 1.68 bits per heavy atom. The molecule has 7 heteroatoms. The number of carbonyl (C=O) groups is 2. The smallest absolute Gasteiger partial charge is 0.303 e. The first-order chi connectivity index (χ1) is 8.90. The van der Waals surface area contributed by atoms with Crippen LogP contribution in [-0.2, 0) is 16.1 Å². The molecule has 0 radical (unpaired) electrons. The molecular weight excluding hydrogens is 263 g/mol. The fraction of sp³-hybridized carbons (Fsp3) is 0.333. The van der Waals surface area contributed by atoms with Gasteiger partial charge >= 0.3 is 5.97 Å². The van der Waals surface area contributed by atoms with Crippen LogP contribution >= 0.6 is 0 Å². The Balaban J connectivity index is 2.48. The van der Waals surface area contributed by atoms with Gasteiger partial charge in [-0.05, 0) is 6.42 Å². The van der Waals surface area contributed by atoms with Gasteiger partial charge < -0.3 is 10.4 Å². The quantitative estimate of drug-likeness (QED) is 0.834. The highest BCUT2D eigenvalue weighted by Crippen LogP contribution is 2.14. The van der Waals surface area contributed by atoms with E-state index in [9.17, 15) is 22.8 Å². The van der Waals surface area contributed by atoms with Crippen molar-refractivity contribution in [3.63, 3.8) is 0 Å². The minimum atomic E-state index is -1.08. The standard InChI is InChI=1S/C12H12F3NO3/c13-7-4-9(14)8(10(15)5-7)6-16-11(17)2-1-3-12(18)19/h4-5H,1-3,6H2,(H,16,17)(H,18,19). The fourth-order valence-electron chi connectivity index (χ4n) is 1.42. The van der Waals surface area contributed by atoms with Gasteiger partial charge in [-0.3, -0.25) is 9.59 Å². The van der Waals surface area contributed by atoms with Crippen LogP contribution < -0.4 is 5.32 Å². The van der Waals surface area contributed by atoms with Crippen LogP contribution in [0.5, 0.6) is 0 Å². The molecule has 2 N–H and O–H groups in total.